The average Bonchev–Trinajstić information content (AvgIpc) is 3.36. The maximum Gasteiger partial charge on any atom is 0.0160 e. The van der Waals surface area contributed by atoms with Gasteiger partial charge in [-0.2, -0.15) is 0 Å². The van der Waals surface area contributed by atoms with Crippen LogP contribution in [0.5, 0.6) is 0 Å². The predicted octanol–water partition coefficient (Wildman–Crippen LogP) is 8.74. The van der Waals surface area contributed by atoms with E-state index < -0.39 is 13.3 Å². The molecular formula is C37H31GeIrN3-2. The van der Waals surface area contributed by atoms with Gasteiger partial charge < -0.3 is 4.98 Å². The van der Waals surface area contributed by atoms with Gasteiger partial charge >= 0.3 is 174 Å². The molecule has 0 unspecified atom stereocenters. The van der Waals surface area contributed by atoms with Crippen molar-refractivity contribution in [2.24, 2.45) is 0 Å². The van der Waals surface area contributed by atoms with E-state index in [1.807, 2.05) is 66.9 Å². The van der Waals surface area contributed by atoms with Gasteiger partial charge in [0.05, 0.1) is 0 Å². The van der Waals surface area contributed by atoms with Crippen molar-refractivity contribution in [3.63, 3.8) is 0 Å². The van der Waals surface area contributed by atoms with E-state index in [1.165, 1.54) is 31.9 Å². The summed E-state index contributed by atoms with van der Waals surface area (Å²) in [5.74, 6) is 7.39. The molecule has 0 aliphatic heterocycles. The van der Waals surface area contributed by atoms with Gasteiger partial charge in [0, 0.05) is 26.3 Å². The Morgan fingerprint density at radius 2 is 1.29 bits per heavy atom. The van der Waals surface area contributed by atoms with Gasteiger partial charge in [0.25, 0.3) is 0 Å². The fraction of sp³-hybridized carbons (Fsp3) is 0.0811. The van der Waals surface area contributed by atoms with Gasteiger partial charge in [-0.15, -0.1) is 35.9 Å². The number of pyridine rings is 2. The number of rotatable bonds is 4. The van der Waals surface area contributed by atoms with Crippen LogP contribution in [0.2, 0.25) is 17.3 Å². The molecule has 7 rings (SSSR count). The molecule has 5 heteroatoms. The van der Waals surface area contributed by atoms with E-state index in [0.29, 0.717) is 0 Å². The van der Waals surface area contributed by atoms with Crippen molar-refractivity contribution in [1.29, 1.82) is 0 Å². The van der Waals surface area contributed by atoms with E-state index in [-0.39, 0.29) is 20.1 Å². The van der Waals surface area contributed by atoms with E-state index in [0.717, 1.165) is 22.5 Å². The number of hydrogen-bond acceptors (Lipinski definition) is 2. The van der Waals surface area contributed by atoms with Crippen LogP contribution in [0.1, 0.15) is 0 Å². The number of hydrogen-bond donors (Lipinski definition) is 0. The Morgan fingerprint density at radius 3 is 1.90 bits per heavy atom. The first-order chi connectivity index (χ1) is 20.0. The molecule has 0 saturated carbocycles. The third-order valence-electron chi connectivity index (χ3n) is 7.13. The molecule has 0 N–H and O–H groups in total. The summed E-state index contributed by atoms with van der Waals surface area (Å²) in [6, 6.07) is 47.9. The van der Waals surface area contributed by atoms with Crippen LogP contribution in [0.25, 0.3) is 50.0 Å². The molecule has 4 aromatic carbocycles. The summed E-state index contributed by atoms with van der Waals surface area (Å²) in [4.78, 5) is 9.01. The van der Waals surface area contributed by atoms with Crippen molar-refractivity contribution in [2.45, 2.75) is 17.3 Å². The summed E-state index contributed by atoms with van der Waals surface area (Å²) in [6.45, 7) is 0. The van der Waals surface area contributed by atoms with Crippen LogP contribution in [0.15, 0.2) is 134 Å². The van der Waals surface area contributed by atoms with Crippen LogP contribution in [0.4, 0.5) is 0 Å². The van der Waals surface area contributed by atoms with E-state index >= 15 is 0 Å². The summed E-state index contributed by atoms with van der Waals surface area (Å²) in [6.07, 6.45) is 3.82. The SMILES string of the molecule is [CH3][Ge]([CH3])([CH3])[c]1cccc2c3cnc(-c4[c-]cccc4)cc3n(-c3ccccc3)c12.[Ir].[c-]1ccccc1-c1ccccn1. The topological polar surface area (TPSA) is 30.7 Å². The van der Waals surface area contributed by atoms with E-state index in [4.69, 9.17) is 4.98 Å². The molecule has 0 atom stereocenters. The second kappa shape index (κ2) is 13.0. The molecule has 3 heterocycles. The van der Waals surface area contributed by atoms with Crippen molar-refractivity contribution in [1.82, 2.24) is 14.5 Å². The minimum Gasteiger partial charge on any atom is -0.305 e. The van der Waals surface area contributed by atoms with Crippen LogP contribution < -0.4 is 4.40 Å². The molecule has 0 spiro atoms. The fourth-order valence-electron chi connectivity index (χ4n) is 5.18. The molecule has 0 aliphatic carbocycles. The minimum atomic E-state index is -2.10. The van der Waals surface area contributed by atoms with Crippen molar-refractivity contribution >= 4 is 39.5 Å². The summed E-state index contributed by atoms with van der Waals surface area (Å²) in [5.41, 5.74) is 7.73. The van der Waals surface area contributed by atoms with Crippen molar-refractivity contribution in [3.05, 3.63) is 146 Å². The summed E-state index contributed by atoms with van der Waals surface area (Å²) in [5, 5.41) is 2.50. The fourth-order valence-corrected chi connectivity index (χ4v) is 8.44. The molecule has 0 aliphatic rings. The molecule has 0 amide bonds. The number of benzene rings is 4. The number of aromatic nitrogens is 3. The van der Waals surface area contributed by atoms with Gasteiger partial charge in [0.1, 0.15) is 0 Å². The number of fused-ring (bicyclic) bond motifs is 3. The quantitative estimate of drug-likeness (QED) is 0.132. The Hall–Kier alpha value is -3.83. The molecule has 209 valence electrons. The molecule has 1 radical (unpaired) electrons. The van der Waals surface area contributed by atoms with E-state index in [1.54, 1.807) is 6.20 Å². The monoisotopic (exact) mass is 784 g/mol. The van der Waals surface area contributed by atoms with Gasteiger partial charge in [-0.25, -0.2) is 0 Å². The zero-order valence-corrected chi connectivity index (χ0v) is 28.4. The Balaban J connectivity index is 0.000000228. The second-order valence-corrected chi connectivity index (χ2v) is 21.5. The summed E-state index contributed by atoms with van der Waals surface area (Å²) < 4.78 is 3.96. The first-order valence-corrected chi connectivity index (χ1v) is 21.2. The molecular weight excluding hydrogens is 751 g/mol. The number of para-hydroxylation sites is 2. The van der Waals surface area contributed by atoms with Crippen LogP contribution in [0, 0.1) is 12.1 Å². The van der Waals surface area contributed by atoms with Crippen molar-refractivity contribution in [2.75, 3.05) is 0 Å². The number of nitrogens with zero attached hydrogens (tertiary/aromatic N) is 3. The largest absolute Gasteiger partial charge is 0.305 e. The summed E-state index contributed by atoms with van der Waals surface area (Å²) >= 11 is -2.10. The second-order valence-electron chi connectivity index (χ2n) is 11.0. The minimum absolute atomic E-state index is 0. The Kier molecular flexibility index (Phi) is 9.18. The maximum absolute atomic E-state index is 4.80. The summed E-state index contributed by atoms with van der Waals surface area (Å²) in [7, 11) is 0. The van der Waals surface area contributed by atoms with Crippen molar-refractivity contribution in [3.8, 4) is 28.2 Å². The molecule has 0 saturated heterocycles. The smallest absolute Gasteiger partial charge is 0.0160 e. The first kappa shape index (κ1) is 29.7. The van der Waals surface area contributed by atoms with Gasteiger partial charge in [0.15, 0.2) is 0 Å². The third-order valence-corrected chi connectivity index (χ3v) is 11.4. The molecule has 3 nitrogen and oxygen atoms in total. The molecule has 3 aromatic heterocycles. The van der Waals surface area contributed by atoms with E-state index in [9.17, 15) is 0 Å². The predicted molar refractivity (Wildman–Crippen MR) is 174 cm³/mol. The van der Waals surface area contributed by atoms with Crippen LogP contribution in [-0.4, -0.2) is 27.8 Å². The molecule has 0 fully saturated rings. The van der Waals surface area contributed by atoms with Gasteiger partial charge in [-0.3, -0.25) is 0 Å². The van der Waals surface area contributed by atoms with Crippen LogP contribution in [0.3, 0.4) is 0 Å². The zero-order chi connectivity index (χ0) is 28.2. The van der Waals surface area contributed by atoms with Gasteiger partial charge in [0.2, 0.25) is 0 Å². The van der Waals surface area contributed by atoms with Crippen molar-refractivity contribution < 1.29 is 20.1 Å². The standard InChI is InChI=1S/C26H23GeN2.C11H8N.Ir/c1-27(2,3)23-16-10-15-21-22-18-28-24(19-11-6-4-7-12-19)17-25(22)29(26(21)23)20-13-8-5-9-14-20;1-2-6-10(7-3-1)11-8-4-5-9-12-11;/h4-11,13-18H,1-3H3;1-6,8-9H;/q2*-1;. The van der Waals surface area contributed by atoms with Gasteiger partial charge in [-0.05, 0) is 11.8 Å². The van der Waals surface area contributed by atoms with Gasteiger partial charge in [-0.1, -0.05) is 12.1 Å². The Morgan fingerprint density at radius 1 is 0.619 bits per heavy atom. The van der Waals surface area contributed by atoms with Crippen LogP contribution >= 0.6 is 0 Å². The first-order valence-electron chi connectivity index (χ1n) is 13.8. The molecule has 7 aromatic rings. The average molecular weight is 783 g/mol. The molecule has 0 bridgehead atoms. The third kappa shape index (κ3) is 6.17. The Bertz CT molecular complexity index is 1860. The van der Waals surface area contributed by atoms with E-state index in [2.05, 4.69) is 99.6 Å². The molecule has 42 heavy (non-hydrogen) atoms. The normalized spacial score (nSPS) is 11.0. The zero-order valence-electron chi connectivity index (χ0n) is 23.9. The maximum atomic E-state index is 4.80. The van der Waals surface area contributed by atoms with Crippen LogP contribution in [-0.2, 0) is 20.1 Å². The Labute approximate surface area is 264 Å².